The highest BCUT2D eigenvalue weighted by atomic mass is 32.2. The van der Waals surface area contributed by atoms with E-state index in [1.54, 1.807) is 0 Å². The van der Waals surface area contributed by atoms with Gasteiger partial charge in [-0.15, -0.1) is 11.8 Å². The van der Waals surface area contributed by atoms with E-state index in [0.29, 0.717) is 16.4 Å². The standard InChI is InChI=1S/C15H17NS2/c1-8-11(4)18-15-12(8)5-6-14-13(7-16-15)9(2)10(3)17-14/h5-7,11,13-14H,1H2,2-4H3. The Morgan fingerprint density at radius 3 is 2.83 bits per heavy atom. The minimum absolute atomic E-state index is 0.459. The van der Waals surface area contributed by atoms with Crippen LogP contribution >= 0.6 is 23.5 Å². The maximum Gasteiger partial charge on any atom is 0.104 e. The normalized spacial score (nSPS) is 34.8. The van der Waals surface area contributed by atoms with E-state index in [0.717, 1.165) is 5.03 Å². The van der Waals surface area contributed by atoms with Gasteiger partial charge in [-0.1, -0.05) is 36.1 Å². The Morgan fingerprint density at radius 2 is 2.06 bits per heavy atom. The van der Waals surface area contributed by atoms with Gasteiger partial charge in [0.15, 0.2) is 0 Å². The average Bonchev–Trinajstić information content (AvgIpc) is 2.72. The molecule has 0 saturated heterocycles. The van der Waals surface area contributed by atoms with E-state index in [9.17, 15) is 0 Å². The summed E-state index contributed by atoms with van der Waals surface area (Å²) >= 11 is 3.78. The molecule has 0 aromatic heterocycles. The second-order valence-electron chi connectivity index (χ2n) is 4.99. The van der Waals surface area contributed by atoms with Crippen molar-refractivity contribution in [1.29, 1.82) is 0 Å². The summed E-state index contributed by atoms with van der Waals surface area (Å²) in [7, 11) is 0. The molecule has 94 valence electrons. The van der Waals surface area contributed by atoms with Gasteiger partial charge in [-0.05, 0) is 31.2 Å². The first kappa shape index (κ1) is 12.4. The largest absolute Gasteiger partial charge is 0.253 e. The van der Waals surface area contributed by atoms with Crippen LogP contribution in [0.5, 0.6) is 0 Å². The van der Waals surface area contributed by atoms with Gasteiger partial charge in [-0.3, -0.25) is 4.99 Å². The van der Waals surface area contributed by atoms with Crippen molar-refractivity contribution in [1.82, 2.24) is 0 Å². The molecule has 0 amide bonds. The van der Waals surface area contributed by atoms with Crippen molar-refractivity contribution in [3.05, 3.63) is 45.4 Å². The first-order chi connectivity index (χ1) is 8.58. The lowest BCUT2D eigenvalue weighted by molar-refractivity contribution is 0.866. The summed E-state index contributed by atoms with van der Waals surface area (Å²) in [5.74, 6) is 0.463. The zero-order valence-electron chi connectivity index (χ0n) is 10.9. The van der Waals surface area contributed by atoms with E-state index < -0.39 is 0 Å². The summed E-state index contributed by atoms with van der Waals surface area (Å²) < 4.78 is 0. The number of aliphatic imine (C=N–C) groups is 1. The molecule has 0 aromatic rings. The molecule has 18 heavy (non-hydrogen) atoms. The monoisotopic (exact) mass is 275 g/mol. The van der Waals surface area contributed by atoms with Crippen LogP contribution < -0.4 is 0 Å². The lowest BCUT2D eigenvalue weighted by Gasteiger charge is -2.15. The summed E-state index contributed by atoms with van der Waals surface area (Å²) in [6.07, 6.45) is 6.71. The predicted octanol–water partition coefficient (Wildman–Crippen LogP) is 4.56. The van der Waals surface area contributed by atoms with Crippen LogP contribution in [0.2, 0.25) is 0 Å². The smallest absolute Gasteiger partial charge is 0.104 e. The van der Waals surface area contributed by atoms with Gasteiger partial charge in [-0.25, -0.2) is 0 Å². The maximum atomic E-state index is 4.73. The molecule has 1 nitrogen and oxygen atoms in total. The maximum absolute atomic E-state index is 4.73. The van der Waals surface area contributed by atoms with Crippen molar-refractivity contribution in [2.45, 2.75) is 31.3 Å². The number of hydrogen-bond donors (Lipinski definition) is 0. The highest BCUT2D eigenvalue weighted by molar-refractivity contribution is 8.04. The molecule has 3 heteroatoms. The summed E-state index contributed by atoms with van der Waals surface area (Å²) in [6, 6.07) is 0. The molecule has 3 atom stereocenters. The molecule has 0 saturated carbocycles. The van der Waals surface area contributed by atoms with Crippen LogP contribution in [0.3, 0.4) is 0 Å². The molecular weight excluding hydrogens is 258 g/mol. The molecule has 0 fully saturated rings. The van der Waals surface area contributed by atoms with Gasteiger partial charge >= 0.3 is 0 Å². The van der Waals surface area contributed by atoms with Crippen LogP contribution in [0, 0.1) is 5.92 Å². The lowest BCUT2D eigenvalue weighted by Crippen LogP contribution is -2.14. The number of allylic oxidation sites excluding steroid dienone is 4. The lowest BCUT2D eigenvalue weighted by atomic mass is 9.95. The molecule has 0 bridgehead atoms. The fourth-order valence-corrected chi connectivity index (χ4v) is 4.84. The van der Waals surface area contributed by atoms with Gasteiger partial charge in [0.1, 0.15) is 5.03 Å². The van der Waals surface area contributed by atoms with Gasteiger partial charge in [0.05, 0.1) is 0 Å². The van der Waals surface area contributed by atoms with Crippen LogP contribution in [-0.2, 0) is 0 Å². The van der Waals surface area contributed by atoms with Gasteiger partial charge in [0.25, 0.3) is 0 Å². The Kier molecular flexibility index (Phi) is 3.07. The molecule has 0 N–H and O–H groups in total. The molecule has 3 unspecified atom stereocenters. The van der Waals surface area contributed by atoms with Crippen LogP contribution in [0.15, 0.2) is 50.4 Å². The number of fused-ring (bicyclic) bond motifs is 1. The highest BCUT2D eigenvalue weighted by Crippen LogP contribution is 2.46. The first-order valence-electron chi connectivity index (χ1n) is 6.24. The van der Waals surface area contributed by atoms with Crippen molar-refractivity contribution in [2.24, 2.45) is 10.9 Å². The minimum Gasteiger partial charge on any atom is -0.253 e. The van der Waals surface area contributed by atoms with E-state index in [1.165, 1.54) is 21.6 Å². The van der Waals surface area contributed by atoms with E-state index in [4.69, 9.17) is 4.99 Å². The van der Waals surface area contributed by atoms with Crippen molar-refractivity contribution >= 4 is 29.7 Å². The van der Waals surface area contributed by atoms with Crippen molar-refractivity contribution in [3.63, 3.8) is 0 Å². The second-order valence-corrected chi connectivity index (χ2v) is 7.71. The van der Waals surface area contributed by atoms with E-state index in [-0.39, 0.29) is 0 Å². The van der Waals surface area contributed by atoms with Gasteiger partial charge in [-0.2, -0.15) is 0 Å². The molecule has 0 radical (unpaired) electrons. The van der Waals surface area contributed by atoms with Crippen molar-refractivity contribution in [2.75, 3.05) is 0 Å². The topological polar surface area (TPSA) is 12.4 Å². The SMILES string of the molecule is C=C1C2=C(N=CC3C(C)=C(C)SC3C=C2)SC1C. The highest BCUT2D eigenvalue weighted by Gasteiger charge is 2.31. The number of nitrogens with zero attached hydrogens (tertiary/aromatic N) is 1. The molecule has 3 rings (SSSR count). The van der Waals surface area contributed by atoms with Crippen molar-refractivity contribution < 1.29 is 0 Å². The van der Waals surface area contributed by atoms with E-state index >= 15 is 0 Å². The molecule has 0 aromatic carbocycles. The van der Waals surface area contributed by atoms with Crippen LogP contribution in [0.4, 0.5) is 0 Å². The Morgan fingerprint density at radius 1 is 1.28 bits per heavy atom. The zero-order chi connectivity index (χ0) is 12.9. The third-order valence-electron chi connectivity index (χ3n) is 3.88. The average molecular weight is 275 g/mol. The molecule has 0 spiro atoms. The fourth-order valence-electron chi connectivity index (χ4n) is 2.48. The Labute approximate surface area is 117 Å². The Hall–Kier alpha value is -0.670. The molecule has 3 heterocycles. The third kappa shape index (κ3) is 1.84. The number of hydrogen-bond acceptors (Lipinski definition) is 3. The van der Waals surface area contributed by atoms with Gasteiger partial charge in [0.2, 0.25) is 0 Å². The molecule has 3 aliphatic rings. The van der Waals surface area contributed by atoms with Crippen molar-refractivity contribution in [3.8, 4) is 0 Å². The molecule has 3 aliphatic heterocycles. The van der Waals surface area contributed by atoms with Crippen LogP contribution in [0.25, 0.3) is 0 Å². The van der Waals surface area contributed by atoms with E-state index in [1.807, 2.05) is 23.5 Å². The van der Waals surface area contributed by atoms with E-state index in [2.05, 4.69) is 45.7 Å². The fraction of sp³-hybridized carbons (Fsp3) is 0.400. The number of thioether (sulfide) groups is 2. The molecule has 0 aliphatic carbocycles. The predicted molar refractivity (Wildman–Crippen MR) is 84.1 cm³/mol. The Bertz CT molecular complexity index is 537. The zero-order valence-corrected chi connectivity index (χ0v) is 12.6. The summed E-state index contributed by atoms with van der Waals surface area (Å²) in [6.45, 7) is 10.8. The number of rotatable bonds is 0. The summed E-state index contributed by atoms with van der Waals surface area (Å²) in [5, 5.41) is 2.11. The quantitative estimate of drug-likeness (QED) is 0.642. The summed E-state index contributed by atoms with van der Waals surface area (Å²) in [4.78, 5) is 6.18. The first-order valence-corrected chi connectivity index (χ1v) is 8.00. The van der Waals surface area contributed by atoms with Gasteiger partial charge in [0, 0.05) is 28.2 Å². The minimum atomic E-state index is 0.459. The third-order valence-corrected chi connectivity index (χ3v) is 6.47. The summed E-state index contributed by atoms with van der Waals surface area (Å²) in [5.41, 5.74) is 3.92. The van der Waals surface area contributed by atoms with Gasteiger partial charge < -0.3 is 0 Å². The second kappa shape index (κ2) is 4.46. The Balaban J connectivity index is 1.99. The molecular formula is C15H17NS2. The van der Waals surface area contributed by atoms with Crippen LogP contribution in [0.1, 0.15) is 20.8 Å². The van der Waals surface area contributed by atoms with Crippen LogP contribution in [-0.4, -0.2) is 16.7 Å².